The number of halogens is 1. The second-order valence-electron chi connectivity index (χ2n) is 6.19. The summed E-state index contributed by atoms with van der Waals surface area (Å²) in [6.07, 6.45) is 0. The third-order valence-electron chi connectivity index (χ3n) is 4.42. The molecule has 28 heavy (non-hydrogen) atoms. The van der Waals surface area contributed by atoms with Gasteiger partial charge in [0.05, 0.1) is 28.9 Å². The number of nitrogens with zero attached hydrogens (tertiary/aromatic N) is 1. The highest BCUT2D eigenvalue weighted by atomic mass is 79.9. The van der Waals surface area contributed by atoms with Crippen molar-refractivity contribution in [1.82, 2.24) is 0 Å². The van der Waals surface area contributed by atoms with Gasteiger partial charge in [-0.25, -0.2) is 4.79 Å². The van der Waals surface area contributed by atoms with E-state index in [9.17, 15) is 9.59 Å². The molecule has 2 aromatic carbocycles. The van der Waals surface area contributed by atoms with Crippen molar-refractivity contribution in [2.75, 3.05) is 37.9 Å². The number of amides is 1. The topological polar surface area (TPSA) is 74.3 Å². The van der Waals surface area contributed by atoms with Crippen molar-refractivity contribution in [3.63, 3.8) is 0 Å². The van der Waals surface area contributed by atoms with Crippen molar-refractivity contribution in [3.05, 3.63) is 45.9 Å². The SMILES string of the molecule is CCOC(=O)c1ccc2c(c1)N(C(=O)c1cc(Br)c3c(c1)OCCO3)CCO2. The van der Waals surface area contributed by atoms with Crippen LogP contribution >= 0.6 is 15.9 Å². The first kappa shape index (κ1) is 18.6. The maximum Gasteiger partial charge on any atom is 0.338 e. The molecule has 0 atom stereocenters. The number of rotatable bonds is 3. The molecular formula is C20H18BrNO6. The summed E-state index contributed by atoms with van der Waals surface area (Å²) in [6, 6.07) is 8.32. The molecule has 0 unspecified atom stereocenters. The van der Waals surface area contributed by atoms with E-state index < -0.39 is 5.97 Å². The molecule has 146 valence electrons. The van der Waals surface area contributed by atoms with E-state index in [4.69, 9.17) is 18.9 Å². The Morgan fingerprint density at radius 2 is 1.82 bits per heavy atom. The molecule has 0 N–H and O–H groups in total. The summed E-state index contributed by atoms with van der Waals surface area (Å²) >= 11 is 3.44. The molecule has 4 rings (SSSR count). The summed E-state index contributed by atoms with van der Waals surface area (Å²) in [5.41, 5.74) is 1.35. The first-order valence-corrected chi connectivity index (χ1v) is 9.72. The molecule has 2 aromatic rings. The molecule has 7 nitrogen and oxygen atoms in total. The number of benzene rings is 2. The second-order valence-corrected chi connectivity index (χ2v) is 7.04. The lowest BCUT2D eigenvalue weighted by molar-refractivity contribution is 0.0526. The summed E-state index contributed by atoms with van der Waals surface area (Å²) in [5.74, 6) is 1.00. The van der Waals surface area contributed by atoms with E-state index in [-0.39, 0.29) is 12.5 Å². The molecule has 0 saturated carbocycles. The molecule has 8 heteroatoms. The largest absolute Gasteiger partial charge is 0.490 e. The van der Waals surface area contributed by atoms with Crippen molar-refractivity contribution in [2.45, 2.75) is 6.92 Å². The Balaban J connectivity index is 1.69. The second kappa shape index (κ2) is 7.71. The van der Waals surface area contributed by atoms with Crippen LogP contribution in [0.4, 0.5) is 5.69 Å². The first-order valence-electron chi connectivity index (χ1n) is 8.93. The molecule has 2 aliphatic heterocycles. The van der Waals surface area contributed by atoms with Gasteiger partial charge in [-0.1, -0.05) is 0 Å². The minimum absolute atomic E-state index is 0.219. The zero-order chi connectivity index (χ0) is 19.7. The fraction of sp³-hybridized carbons (Fsp3) is 0.300. The quantitative estimate of drug-likeness (QED) is 0.670. The Morgan fingerprint density at radius 1 is 1.04 bits per heavy atom. The number of anilines is 1. The van der Waals surface area contributed by atoms with Crippen molar-refractivity contribution in [2.24, 2.45) is 0 Å². The van der Waals surface area contributed by atoms with Crippen LogP contribution < -0.4 is 19.1 Å². The van der Waals surface area contributed by atoms with Gasteiger partial charge in [0.15, 0.2) is 11.5 Å². The van der Waals surface area contributed by atoms with Gasteiger partial charge in [-0.15, -0.1) is 0 Å². The molecule has 0 spiro atoms. The van der Waals surface area contributed by atoms with Crippen molar-refractivity contribution >= 4 is 33.5 Å². The predicted molar refractivity (Wildman–Crippen MR) is 105 cm³/mol. The average Bonchev–Trinajstić information content (AvgIpc) is 2.72. The minimum atomic E-state index is -0.439. The van der Waals surface area contributed by atoms with Crippen LogP contribution in [0.1, 0.15) is 27.6 Å². The summed E-state index contributed by atoms with van der Waals surface area (Å²) in [5, 5.41) is 0. The number of carbonyl (C=O) groups excluding carboxylic acids is 2. The lowest BCUT2D eigenvalue weighted by atomic mass is 10.1. The Kier molecular flexibility index (Phi) is 5.13. The van der Waals surface area contributed by atoms with Gasteiger partial charge in [-0.2, -0.15) is 0 Å². The van der Waals surface area contributed by atoms with E-state index in [1.54, 1.807) is 42.2 Å². The molecule has 2 heterocycles. The van der Waals surface area contributed by atoms with Gasteiger partial charge in [0.1, 0.15) is 25.6 Å². The van der Waals surface area contributed by atoms with Crippen LogP contribution in [0, 0.1) is 0 Å². The Labute approximate surface area is 170 Å². The smallest absolute Gasteiger partial charge is 0.338 e. The van der Waals surface area contributed by atoms with Gasteiger partial charge in [-0.3, -0.25) is 4.79 Å². The summed E-state index contributed by atoms with van der Waals surface area (Å²) in [4.78, 5) is 26.9. The van der Waals surface area contributed by atoms with Crippen LogP contribution in [0.5, 0.6) is 17.2 Å². The van der Waals surface area contributed by atoms with E-state index in [1.165, 1.54) is 0 Å². The molecule has 0 aromatic heterocycles. The zero-order valence-corrected chi connectivity index (χ0v) is 16.8. The highest BCUT2D eigenvalue weighted by molar-refractivity contribution is 9.10. The van der Waals surface area contributed by atoms with Crippen LogP contribution in [-0.4, -0.2) is 44.8 Å². The Hall–Kier alpha value is -2.74. The van der Waals surface area contributed by atoms with E-state index in [2.05, 4.69) is 15.9 Å². The van der Waals surface area contributed by atoms with Crippen molar-refractivity contribution in [1.29, 1.82) is 0 Å². The predicted octanol–water partition coefficient (Wildman–Crippen LogP) is 3.44. The maximum atomic E-state index is 13.2. The van der Waals surface area contributed by atoms with E-state index in [1.807, 2.05) is 0 Å². The van der Waals surface area contributed by atoms with Crippen molar-refractivity contribution < 1.29 is 28.5 Å². The molecule has 2 aliphatic rings. The van der Waals surface area contributed by atoms with Crippen LogP contribution in [0.2, 0.25) is 0 Å². The van der Waals surface area contributed by atoms with Gasteiger partial charge in [0, 0.05) is 5.56 Å². The monoisotopic (exact) mass is 447 g/mol. The maximum absolute atomic E-state index is 13.2. The lowest BCUT2D eigenvalue weighted by Crippen LogP contribution is -2.38. The molecule has 0 saturated heterocycles. The summed E-state index contributed by atoms with van der Waals surface area (Å²) < 4.78 is 22.6. The van der Waals surface area contributed by atoms with Crippen LogP contribution in [0.25, 0.3) is 0 Å². The van der Waals surface area contributed by atoms with Crippen LogP contribution in [0.15, 0.2) is 34.8 Å². The van der Waals surface area contributed by atoms with Gasteiger partial charge in [0.25, 0.3) is 5.91 Å². The standard InChI is InChI=1S/C20H18BrNO6/c1-2-25-20(24)12-3-4-16-15(10-12)22(5-6-26-16)19(23)13-9-14(21)18-17(11-13)27-7-8-28-18/h3-4,9-11H,2,5-8H2,1H3. The summed E-state index contributed by atoms with van der Waals surface area (Å²) in [6.45, 7) is 3.65. The molecule has 0 radical (unpaired) electrons. The van der Waals surface area contributed by atoms with Gasteiger partial charge in [0.2, 0.25) is 0 Å². The fourth-order valence-electron chi connectivity index (χ4n) is 3.16. The Bertz CT molecular complexity index is 945. The third-order valence-corrected chi connectivity index (χ3v) is 5.01. The number of hydrogen-bond donors (Lipinski definition) is 0. The number of carbonyl (C=O) groups is 2. The van der Waals surface area contributed by atoms with E-state index in [0.29, 0.717) is 64.9 Å². The highest BCUT2D eigenvalue weighted by Gasteiger charge is 2.28. The van der Waals surface area contributed by atoms with E-state index >= 15 is 0 Å². The minimum Gasteiger partial charge on any atom is -0.490 e. The number of ether oxygens (including phenoxy) is 4. The first-order chi connectivity index (χ1) is 13.6. The van der Waals surface area contributed by atoms with E-state index in [0.717, 1.165) is 0 Å². The average molecular weight is 448 g/mol. The van der Waals surface area contributed by atoms with Crippen molar-refractivity contribution in [3.8, 4) is 17.2 Å². The highest BCUT2D eigenvalue weighted by Crippen LogP contribution is 2.40. The molecule has 0 bridgehead atoms. The Morgan fingerprint density at radius 3 is 2.64 bits per heavy atom. The normalized spacial score (nSPS) is 14.7. The van der Waals surface area contributed by atoms with Gasteiger partial charge < -0.3 is 23.8 Å². The molecule has 1 amide bonds. The van der Waals surface area contributed by atoms with Gasteiger partial charge >= 0.3 is 5.97 Å². The molecular weight excluding hydrogens is 430 g/mol. The third kappa shape index (κ3) is 3.40. The fourth-order valence-corrected chi connectivity index (χ4v) is 3.72. The van der Waals surface area contributed by atoms with Gasteiger partial charge in [-0.05, 0) is 53.2 Å². The van der Waals surface area contributed by atoms with Crippen LogP contribution in [0.3, 0.4) is 0 Å². The van der Waals surface area contributed by atoms with Crippen LogP contribution in [-0.2, 0) is 4.74 Å². The lowest BCUT2D eigenvalue weighted by Gasteiger charge is -2.30. The zero-order valence-electron chi connectivity index (χ0n) is 15.2. The number of hydrogen-bond acceptors (Lipinski definition) is 6. The molecule has 0 fully saturated rings. The molecule has 0 aliphatic carbocycles. The number of esters is 1. The summed E-state index contributed by atoms with van der Waals surface area (Å²) in [7, 11) is 0. The number of fused-ring (bicyclic) bond motifs is 2.